The normalized spacial score (nSPS) is 23.0. The fourth-order valence-corrected chi connectivity index (χ4v) is 6.12. The molecule has 0 saturated carbocycles. The van der Waals surface area contributed by atoms with Crippen LogP contribution >= 0.6 is 0 Å². The van der Waals surface area contributed by atoms with Gasteiger partial charge in [-0.05, 0) is 53.4 Å². The number of hydrogen-bond donors (Lipinski definition) is 1. The zero-order valence-corrected chi connectivity index (χ0v) is 22.8. The van der Waals surface area contributed by atoms with E-state index < -0.39 is 11.3 Å². The van der Waals surface area contributed by atoms with Crippen molar-refractivity contribution in [3.63, 3.8) is 0 Å². The average Bonchev–Trinajstić information content (AvgIpc) is 2.85. The van der Waals surface area contributed by atoms with Gasteiger partial charge in [0.15, 0.2) is 0 Å². The predicted octanol–water partition coefficient (Wildman–Crippen LogP) is 5.60. The van der Waals surface area contributed by atoms with E-state index in [1.165, 1.54) is 7.11 Å². The first-order valence-electron chi connectivity index (χ1n) is 13.4. The molecule has 2 aromatic carbocycles. The quantitative estimate of drug-likeness (QED) is 0.475. The molecule has 6 nitrogen and oxygen atoms in total. The van der Waals surface area contributed by atoms with E-state index in [0.717, 1.165) is 34.9 Å². The number of amides is 2. The molecule has 198 valence electrons. The number of methoxy groups -OCH3 is 1. The molecular weight excluding hydrogens is 464 g/mol. The Kier molecular flexibility index (Phi) is 7.77. The Morgan fingerprint density at radius 2 is 1.86 bits per heavy atom. The molecule has 2 amide bonds. The molecule has 0 spiro atoms. The molecule has 0 radical (unpaired) electrons. The van der Waals surface area contributed by atoms with Crippen LogP contribution in [-0.2, 0) is 25.7 Å². The summed E-state index contributed by atoms with van der Waals surface area (Å²) in [7, 11) is 1.41. The fourth-order valence-electron chi connectivity index (χ4n) is 6.12. The SMILES string of the molecule is COC(=O)[C@@]12C[C@@H](CC(=O)NCCC(C)C)C(=O)N(Cc3cccc4ccccc34)C1=CCC(C)(C)C2. The lowest BCUT2D eigenvalue weighted by atomic mass is 9.59. The largest absolute Gasteiger partial charge is 0.468 e. The summed E-state index contributed by atoms with van der Waals surface area (Å²) in [6.07, 6.45) is 4.63. The van der Waals surface area contributed by atoms with Crippen molar-refractivity contribution in [2.24, 2.45) is 22.7 Å². The van der Waals surface area contributed by atoms with Crippen molar-refractivity contribution in [3.05, 3.63) is 59.8 Å². The third-order valence-corrected chi connectivity index (χ3v) is 7.88. The van der Waals surface area contributed by atoms with Gasteiger partial charge in [-0.3, -0.25) is 14.4 Å². The van der Waals surface area contributed by atoms with Crippen molar-refractivity contribution in [2.45, 2.75) is 66.3 Å². The van der Waals surface area contributed by atoms with Crippen LogP contribution < -0.4 is 5.32 Å². The molecule has 1 aliphatic carbocycles. The highest BCUT2D eigenvalue weighted by Gasteiger charge is 2.57. The molecule has 0 unspecified atom stereocenters. The van der Waals surface area contributed by atoms with Crippen molar-refractivity contribution in [2.75, 3.05) is 13.7 Å². The smallest absolute Gasteiger partial charge is 0.317 e. The number of piperidine rings is 1. The molecule has 1 fully saturated rings. The molecule has 37 heavy (non-hydrogen) atoms. The van der Waals surface area contributed by atoms with Crippen LogP contribution in [0.5, 0.6) is 0 Å². The number of hydrogen-bond acceptors (Lipinski definition) is 4. The van der Waals surface area contributed by atoms with E-state index in [1.54, 1.807) is 4.90 Å². The molecule has 6 heteroatoms. The van der Waals surface area contributed by atoms with E-state index >= 15 is 0 Å². The van der Waals surface area contributed by atoms with Gasteiger partial charge in [0, 0.05) is 24.6 Å². The molecular formula is C31H40N2O4. The molecule has 2 atom stereocenters. The summed E-state index contributed by atoms with van der Waals surface area (Å²) in [5.74, 6) is -0.692. The number of carbonyl (C=O) groups excluding carboxylic acids is 3. The zero-order valence-electron chi connectivity index (χ0n) is 22.8. The van der Waals surface area contributed by atoms with Gasteiger partial charge in [-0.2, -0.15) is 0 Å². The lowest BCUT2D eigenvalue weighted by molar-refractivity contribution is -0.162. The predicted molar refractivity (Wildman–Crippen MR) is 145 cm³/mol. The fraction of sp³-hybridized carbons (Fsp3) is 0.516. The van der Waals surface area contributed by atoms with Crippen LogP contribution in [0.2, 0.25) is 0 Å². The van der Waals surface area contributed by atoms with Gasteiger partial charge >= 0.3 is 5.97 Å². The Morgan fingerprint density at radius 1 is 1.14 bits per heavy atom. The number of carbonyl (C=O) groups is 3. The van der Waals surface area contributed by atoms with Crippen LogP contribution in [-0.4, -0.2) is 36.3 Å². The number of nitrogens with zero attached hydrogens (tertiary/aromatic N) is 1. The maximum Gasteiger partial charge on any atom is 0.317 e. The van der Waals surface area contributed by atoms with Crippen LogP contribution in [0, 0.1) is 22.7 Å². The minimum absolute atomic E-state index is 0.0649. The summed E-state index contributed by atoms with van der Waals surface area (Å²) >= 11 is 0. The van der Waals surface area contributed by atoms with Crippen LogP contribution in [0.15, 0.2) is 54.2 Å². The standard InChI is InChI=1S/C31H40N2O4/c1-21(2)14-16-32-27(34)17-24-18-31(29(36)37-5)20-30(3,4)15-13-26(31)33(28(24)35)19-23-11-8-10-22-9-6-7-12-25(22)23/h6-13,21,24H,14-20H2,1-5H3,(H,32,34)/t24-,31-/m1/s1. The highest BCUT2D eigenvalue weighted by atomic mass is 16.5. The lowest BCUT2D eigenvalue weighted by Crippen LogP contribution is -2.55. The molecule has 4 rings (SSSR count). The molecule has 1 saturated heterocycles. The number of esters is 1. The second kappa shape index (κ2) is 10.7. The third-order valence-electron chi connectivity index (χ3n) is 7.88. The van der Waals surface area contributed by atoms with Crippen molar-refractivity contribution in [1.29, 1.82) is 0 Å². The van der Waals surface area contributed by atoms with Crippen molar-refractivity contribution >= 4 is 28.6 Å². The van der Waals surface area contributed by atoms with E-state index in [2.05, 4.69) is 57.3 Å². The molecule has 1 N–H and O–H groups in total. The van der Waals surface area contributed by atoms with E-state index in [-0.39, 0.29) is 36.0 Å². The van der Waals surface area contributed by atoms with Gasteiger partial charge in [0.2, 0.25) is 11.8 Å². The summed E-state index contributed by atoms with van der Waals surface area (Å²) in [4.78, 5) is 42.2. The Labute approximate surface area is 220 Å². The number of benzene rings is 2. The summed E-state index contributed by atoms with van der Waals surface area (Å²) in [5, 5.41) is 5.15. The monoisotopic (exact) mass is 504 g/mol. The van der Waals surface area contributed by atoms with Gasteiger partial charge in [0.25, 0.3) is 0 Å². The molecule has 1 heterocycles. The number of likely N-dealkylation sites (tertiary alicyclic amines) is 1. The van der Waals surface area contributed by atoms with Gasteiger partial charge in [-0.25, -0.2) is 0 Å². The van der Waals surface area contributed by atoms with E-state index in [0.29, 0.717) is 25.4 Å². The summed E-state index contributed by atoms with van der Waals surface area (Å²) in [6, 6.07) is 14.2. The maximum absolute atomic E-state index is 14.0. The summed E-state index contributed by atoms with van der Waals surface area (Å²) in [6.45, 7) is 9.43. The van der Waals surface area contributed by atoms with Crippen molar-refractivity contribution in [1.82, 2.24) is 10.2 Å². The number of rotatable bonds is 8. The highest BCUT2D eigenvalue weighted by Crippen LogP contribution is 2.55. The van der Waals surface area contributed by atoms with Gasteiger partial charge < -0.3 is 15.0 Å². The number of nitrogens with one attached hydrogen (secondary N) is 1. The Hall–Kier alpha value is -3.15. The van der Waals surface area contributed by atoms with E-state index in [9.17, 15) is 14.4 Å². The van der Waals surface area contributed by atoms with Gasteiger partial charge in [0.1, 0.15) is 5.41 Å². The summed E-state index contributed by atoms with van der Waals surface area (Å²) in [5.41, 5.74) is 0.650. The first kappa shape index (κ1) is 26.9. The minimum atomic E-state index is -0.960. The van der Waals surface area contributed by atoms with Gasteiger partial charge in [0.05, 0.1) is 13.7 Å². The first-order chi connectivity index (χ1) is 17.6. The van der Waals surface area contributed by atoms with Crippen molar-refractivity contribution in [3.8, 4) is 0 Å². The molecule has 2 aromatic rings. The lowest BCUT2D eigenvalue weighted by Gasteiger charge is -2.51. The molecule has 0 bridgehead atoms. The highest BCUT2D eigenvalue weighted by molar-refractivity contribution is 5.93. The second-order valence-electron chi connectivity index (χ2n) is 11.9. The second-order valence-corrected chi connectivity index (χ2v) is 11.9. The summed E-state index contributed by atoms with van der Waals surface area (Å²) < 4.78 is 5.37. The number of fused-ring (bicyclic) bond motifs is 2. The molecule has 1 aliphatic heterocycles. The van der Waals surface area contributed by atoms with Crippen LogP contribution in [0.1, 0.15) is 65.4 Å². The van der Waals surface area contributed by atoms with E-state index in [1.807, 2.05) is 24.3 Å². The Morgan fingerprint density at radius 3 is 2.59 bits per heavy atom. The van der Waals surface area contributed by atoms with Crippen LogP contribution in [0.3, 0.4) is 0 Å². The van der Waals surface area contributed by atoms with Crippen LogP contribution in [0.4, 0.5) is 0 Å². The first-order valence-corrected chi connectivity index (χ1v) is 13.4. The average molecular weight is 505 g/mol. The minimum Gasteiger partial charge on any atom is -0.468 e. The number of ether oxygens (including phenoxy) is 1. The van der Waals surface area contributed by atoms with Crippen LogP contribution in [0.25, 0.3) is 10.8 Å². The molecule has 0 aromatic heterocycles. The third kappa shape index (κ3) is 5.58. The number of allylic oxidation sites excluding steroid dienone is 1. The Bertz CT molecular complexity index is 1210. The molecule has 2 aliphatic rings. The van der Waals surface area contributed by atoms with Crippen molar-refractivity contribution < 1.29 is 19.1 Å². The topological polar surface area (TPSA) is 75.7 Å². The van der Waals surface area contributed by atoms with E-state index in [4.69, 9.17) is 4.74 Å². The maximum atomic E-state index is 14.0. The van der Waals surface area contributed by atoms with Gasteiger partial charge in [-0.1, -0.05) is 76.2 Å². The Balaban J connectivity index is 1.73. The zero-order chi connectivity index (χ0) is 26.8. The van der Waals surface area contributed by atoms with Gasteiger partial charge in [-0.15, -0.1) is 0 Å².